The summed E-state index contributed by atoms with van der Waals surface area (Å²) >= 11 is 1.66. The van der Waals surface area contributed by atoms with Crippen LogP contribution in [0.25, 0.3) is 0 Å². The van der Waals surface area contributed by atoms with Crippen LogP contribution in [0.5, 0.6) is 5.75 Å². The van der Waals surface area contributed by atoms with Gasteiger partial charge in [0, 0.05) is 24.0 Å². The first-order valence-corrected chi connectivity index (χ1v) is 10.4. The minimum atomic E-state index is -0.579. The molecular formula is C22H32N2O2S. The standard InChI is InChI=1S/C22H32N2O2S/c1-3-4-8-14-24(27-20-13-9-12-19(16-20)26-2)17-22(25)21(23)15-18-10-6-5-7-11-18/h5-7,9-13,16,21-22,25H,3-4,8,14-15,17,23H2,1-2H3. The molecule has 0 radical (unpaired) electrons. The Balaban J connectivity index is 1.97. The highest BCUT2D eigenvalue weighted by Gasteiger charge is 2.20. The number of aliphatic hydroxyl groups excluding tert-OH is 1. The summed E-state index contributed by atoms with van der Waals surface area (Å²) in [6, 6.07) is 17.8. The zero-order valence-electron chi connectivity index (χ0n) is 16.4. The molecule has 0 heterocycles. The summed E-state index contributed by atoms with van der Waals surface area (Å²) in [5.74, 6) is 0.842. The second kappa shape index (κ2) is 12.0. The van der Waals surface area contributed by atoms with Crippen LogP contribution < -0.4 is 10.5 Å². The van der Waals surface area contributed by atoms with Crippen LogP contribution in [0, 0.1) is 0 Å². The lowest BCUT2D eigenvalue weighted by atomic mass is 10.0. The van der Waals surface area contributed by atoms with Gasteiger partial charge in [-0.15, -0.1) is 0 Å². The van der Waals surface area contributed by atoms with E-state index in [0.717, 1.165) is 29.2 Å². The molecule has 27 heavy (non-hydrogen) atoms. The number of hydrogen-bond donors (Lipinski definition) is 2. The third-order valence-electron chi connectivity index (χ3n) is 4.49. The summed E-state index contributed by atoms with van der Waals surface area (Å²) in [7, 11) is 1.68. The molecule has 0 aliphatic carbocycles. The van der Waals surface area contributed by atoms with Gasteiger partial charge in [-0.05, 0) is 48.6 Å². The number of nitrogens with zero attached hydrogens (tertiary/aromatic N) is 1. The highest BCUT2D eigenvalue weighted by atomic mass is 32.2. The van der Waals surface area contributed by atoms with E-state index in [2.05, 4.69) is 29.4 Å². The zero-order chi connectivity index (χ0) is 19.5. The molecule has 0 aromatic heterocycles. The Labute approximate surface area is 167 Å². The van der Waals surface area contributed by atoms with Crippen molar-refractivity contribution in [1.29, 1.82) is 0 Å². The lowest BCUT2D eigenvalue weighted by Crippen LogP contribution is -2.43. The number of unbranched alkanes of at least 4 members (excludes halogenated alkanes) is 2. The molecule has 2 aromatic carbocycles. The predicted molar refractivity (Wildman–Crippen MR) is 114 cm³/mol. The molecule has 0 fully saturated rings. The van der Waals surface area contributed by atoms with Crippen molar-refractivity contribution in [2.75, 3.05) is 20.2 Å². The largest absolute Gasteiger partial charge is 0.497 e. The number of ether oxygens (including phenoxy) is 1. The van der Waals surface area contributed by atoms with Gasteiger partial charge in [-0.3, -0.25) is 0 Å². The molecule has 148 valence electrons. The van der Waals surface area contributed by atoms with Crippen LogP contribution in [0.1, 0.15) is 31.7 Å². The van der Waals surface area contributed by atoms with Gasteiger partial charge in [0.15, 0.2) is 0 Å². The second-order valence-electron chi connectivity index (χ2n) is 6.79. The van der Waals surface area contributed by atoms with Gasteiger partial charge >= 0.3 is 0 Å². The Kier molecular flexibility index (Phi) is 9.70. The van der Waals surface area contributed by atoms with E-state index >= 15 is 0 Å². The van der Waals surface area contributed by atoms with Gasteiger partial charge < -0.3 is 15.6 Å². The molecule has 0 saturated carbocycles. The maximum absolute atomic E-state index is 10.7. The van der Waals surface area contributed by atoms with Gasteiger partial charge in [0.25, 0.3) is 0 Å². The predicted octanol–water partition coefficient (Wildman–Crippen LogP) is 4.13. The quantitative estimate of drug-likeness (QED) is 0.423. The fraction of sp³-hybridized carbons (Fsp3) is 0.455. The lowest BCUT2D eigenvalue weighted by molar-refractivity contribution is 0.122. The highest BCUT2D eigenvalue weighted by molar-refractivity contribution is 7.97. The van der Waals surface area contributed by atoms with Crippen LogP contribution in [0.2, 0.25) is 0 Å². The summed E-state index contributed by atoms with van der Waals surface area (Å²) in [5, 5.41) is 10.7. The van der Waals surface area contributed by atoms with Crippen molar-refractivity contribution in [1.82, 2.24) is 4.31 Å². The van der Waals surface area contributed by atoms with Gasteiger partial charge in [-0.2, -0.15) is 0 Å². The number of aliphatic hydroxyl groups is 1. The van der Waals surface area contributed by atoms with Crippen LogP contribution in [0.4, 0.5) is 0 Å². The van der Waals surface area contributed by atoms with E-state index in [0.29, 0.717) is 13.0 Å². The summed E-state index contributed by atoms with van der Waals surface area (Å²) in [5.41, 5.74) is 7.44. The molecule has 0 aliphatic heterocycles. The Morgan fingerprint density at radius 1 is 1.11 bits per heavy atom. The zero-order valence-corrected chi connectivity index (χ0v) is 17.2. The van der Waals surface area contributed by atoms with E-state index in [1.165, 1.54) is 12.8 Å². The van der Waals surface area contributed by atoms with Crippen molar-refractivity contribution in [3.63, 3.8) is 0 Å². The van der Waals surface area contributed by atoms with Crippen molar-refractivity contribution in [3.8, 4) is 5.75 Å². The molecule has 0 amide bonds. The van der Waals surface area contributed by atoms with Crippen LogP contribution in [0.3, 0.4) is 0 Å². The molecule has 3 N–H and O–H groups in total. The molecule has 2 unspecified atom stereocenters. The fourth-order valence-corrected chi connectivity index (χ4v) is 3.94. The van der Waals surface area contributed by atoms with Crippen LogP contribution >= 0.6 is 11.9 Å². The van der Waals surface area contributed by atoms with E-state index in [1.807, 2.05) is 36.4 Å². The third kappa shape index (κ3) is 7.93. The fourth-order valence-electron chi connectivity index (χ4n) is 2.89. The summed E-state index contributed by atoms with van der Waals surface area (Å²) in [6.07, 6.45) is 3.56. The molecule has 0 aliphatic rings. The monoisotopic (exact) mass is 388 g/mol. The molecule has 2 aromatic rings. The molecular weight excluding hydrogens is 356 g/mol. The van der Waals surface area contributed by atoms with Crippen LogP contribution in [0.15, 0.2) is 59.5 Å². The van der Waals surface area contributed by atoms with E-state index in [-0.39, 0.29) is 6.04 Å². The normalized spacial score (nSPS) is 13.5. The maximum Gasteiger partial charge on any atom is 0.120 e. The van der Waals surface area contributed by atoms with E-state index in [4.69, 9.17) is 10.5 Å². The number of methoxy groups -OCH3 is 1. The number of benzene rings is 2. The van der Waals surface area contributed by atoms with Crippen LogP contribution in [-0.4, -0.2) is 41.8 Å². The SMILES string of the molecule is CCCCCN(CC(O)C(N)Cc1ccccc1)Sc1cccc(OC)c1. The molecule has 4 nitrogen and oxygen atoms in total. The van der Waals surface area contributed by atoms with Crippen LogP contribution in [-0.2, 0) is 6.42 Å². The molecule has 5 heteroatoms. The Hall–Kier alpha value is -1.53. The molecule has 0 saturated heterocycles. The smallest absolute Gasteiger partial charge is 0.120 e. The minimum Gasteiger partial charge on any atom is -0.497 e. The first kappa shape index (κ1) is 21.8. The highest BCUT2D eigenvalue weighted by Crippen LogP contribution is 2.27. The Bertz CT molecular complexity index is 654. The van der Waals surface area contributed by atoms with Gasteiger partial charge in [0.2, 0.25) is 0 Å². The van der Waals surface area contributed by atoms with Gasteiger partial charge in [0.1, 0.15) is 5.75 Å². The molecule has 0 spiro atoms. The van der Waals surface area contributed by atoms with E-state index < -0.39 is 6.10 Å². The van der Waals surface area contributed by atoms with E-state index in [9.17, 15) is 5.11 Å². The molecule has 2 rings (SSSR count). The van der Waals surface area contributed by atoms with Crippen molar-refractivity contribution in [2.24, 2.45) is 5.73 Å². The number of rotatable bonds is 12. The van der Waals surface area contributed by atoms with Gasteiger partial charge in [-0.25, -0.2) is 4.31 Å². The second-order valence-corrected chi connectivity index (χ2v) is 7.96. The van der Waals surface area contributed by atoms with Crippen molar-refractivity contribution in [3.05, 3.63) is 60.2 Å². The van der Waals surface area contributed by atoms with Gasteiger partial charge in [0.05, 0.1) is 13.2 Å². The van der Waals surface area contributed by atoms with E-state index in [1.54, 1.807) is 19.1 Å². The first-order chi connectivity index (χ1) is 13.1. The Morgan fingerprint density at radius 2 is 1.89 bits per heavy atom. The lowest BCUT2D eigenvalue weighted by Gasteiger charge is -2.27. The third-order valence-corrected chi connectivity index (χ3v) is 5.54. The Morgan fingerprint density at radius 3 is 2.59 bits per heavy atom. The van der Waals surface area contributed by atoms with Crippen molar-refractivity contribution < 1.29 is 9.84 Å². The van der Waals surface area contributed by atoms with Gasteiger partial charge in [-0.1, -0.05) is 56.2 Å². The summed E-state index contributed by atoms with van der Waals surface area (Å²) in [6.45, 7) is 3.66. The van der Waals surface area contributed by atoms with Crippen molar-refractivity contribution in [2.45, 2.75) is 49.6 Å². The first-order valence-electron chi connectivity index (χ1n) is 9.67. The average molecular weight is 389 g/mol. The molecule has 0 bridgehead atoms. The summed E-state index contributed by atoms with van der Waals surface area (Å²) < 4.78 is 7.54. The number of hydrogen-bond acceptors (Lipinski definition) is 5. The summed E-state index contributed by atoms with van der Waals surface area (Å²) in [4.78, 5) is 1.11. The molecule has 2 atom stereocenters. The van der Waals surface area contributed by atoms with Crippen molar-refractivity contribution >= 4 is 11.9 Å². The minimum absolute atomic E-state index is 0.285. The maximum atomic E-state index is 10.7. The number of nitrogens with two attached hydrogens (primary N) is 1. The topological polar surface area (TPSA) is 58.7 Å². The average Bonchev–Trinajstić information content (AvgIpc) is 2.69.